The molecule has 1 saturated heterocycles. The molecule has 2 rings (SSSR count). The molecule has 1 aromatic rings. The second-order valence-electron chi connectivity index (χ2n) is 3.96. The summed E-state index contributed by atoms with van der Waals surface area (Å²) in [6.45, 7) is 5.44. The fraction of sp³-hybridized carbons (Fsp3) is 0.700. The number of nitrogens with zero attached hydrogens (tertiary/aromatic N) is 2. The molecule has 1 unspecified atom stereocenters. The fourth-order valence-corrected chi connectivity index (χ4v) is 1.76. The second kappa shape index (κ2) is 3.50. The van der Waals surface area contributed by atoms with Crippen molar-refractivity contribution >= 4 is 0 Å². The molecule has 1 atom stereocenters. The molecule has 72 valence electrons. The lowest BCUT2D eigenvalue weighted by Crippen LogP contribution is -2.14. The van der Waals surface area contributed by atoms with Gasteiger partial charge in [-0.3, -0.25) is 4.68 Å². The summed E-state index contributed by atoms with van der Waals surface area (Å²) < 4.78 is 2.02. The zero-order valence-electron chi connectivity index (χ0n) is 8.33. The molecule has 0 aliphatic carbocycles. The lowest BCUT2D eigenvalue weighted by atomic mass is 10.2. The fourth-order valence-electron chi connectivity index (χ4n) is 1.76. The van der Waals surface area contributed by atoms with E-state index >= 15 is 0 Å². The number of aromatic nitrogens is 2. The van der Waals surface area contributed by atoms with Crippen LogP contribution in [0.1, 0.15) is 44.5 Å². The van der Waals surface area contributed by atoms with Gasteiger partial charge in [0.2, 0.25) is 0 Å². The standard InChI is InChI=1S/C10H17N3/c1-8(2)13-7-5-10(12-13)9-4-3-6-11-9/h5,7-9,11H,3-4,6H2,1-2H3. The average Bonchev–Trinajstić information content (AvgIpc) is 2.75. The second-order valence-corrected chi connectivity index (χ2v) is 3.96. The predicted molar refractivity (Wildman–Crippen MR) is 52.6 cm³/mol. The van der Waals surface area contributed by atoms with E-state index in [2.05, 4.69) is 36.5 Å². The molecule has 2 heterocycles. The molecule has 1 N–H and O–H groups in total. The largest absolute Gasteiger partial charge is 0.309 e. The molecule has 0 saturated carbocycles. The number of hydrogen-bond donors (Lipinski definition) is 1. The molecule has 0 bridgehead atoms. The van der Waals surface area contributed by atoms with Crippen LogP contribution in [0, 0.1) is 0 Å². The van der Waals surface area contributed by atoms with Gasteiger partial charge in [-0.05, 0) is 39.3 Å². The summed E-state index contributed by atoms with van der Waals surface area (Å²) >= 11 is 0. The molecule has 1 aromatic heterocycles. The van der Waals surface area contributed by atoms with Gasteiger partial charge in [-0.25, -0.2) is 0 Å². The van der Waals surface area contributed by atoms with Gasteiger partial charge in [-0.15, -0.1) is 0 Å². The maximum atomic E-state index is 4.55. The highest BCUT2D eigenvalue weighted by Gasteiger charge is 2.18. The van der Waals surface area contributed by atoms with Crippen molar-refractivity contribution in [1.29, 1.82) is 0 Å². The molecule has 0 spiro atoms. The molecule has 3 heteroatoms. The third-order valence-electron chi connectivity index (χ3n) is 2.58. The molecule has 0 aromatic carbocycles. The molecular weight excluding hydrogens is 162 g/mol. The van der Waals surface area contributed by atoms with E-state index in [9.17, 15) is 0 Å². The van der Waals surface area contributed by atoms with E-state index < -0.39 is 0 Å². The minimum absolute atomic E-state index is 0.468. The van der Waals surface area contributed by atoms with E-state index in [1.807, 2.05) is 4.68 Å². The maximum Gasteiger partial charge on any atom is 0.0794 e. The summed E-state index contributed by atoms with van der Waals surface area (Å²) in [6, 6.07) is 3.10. The number of rotatable bonds is 2. The first kappa shape index (κ1) is 8.75. The van der Waals surface area contributed by atoms with Crippen LogP contribution in [-0.4, -0.2) is 16.3 Å². The highest BCUT2D eigenvalue weighted by Crippen LogP contribution is 2.21. The Morgan fingerprint density at radius 3 is 3.00 bits per heavy atom. The van der Waals surface area contributed by atoms with Gasteiger partial charge < -0.3 is 5.32 Å². The Bertz CT molecular complexity index is 271. The van der Waals surface area contributed by atoms with Crippen molar-refractivity contribution in [1.82, 2.24) is 15.1 Å². The molecule has 0 amide bonds. The molecule has 1 aliphatic heterocycles. The van der Waals surface area contributed by atoms with Crippen LogP contribution in [0.3, 0.4) is 0 Å². The summed E-state index contributed by atoms with van der Waals surface area (Å²) in [5.41, 5.74) is 1.20. The van der Waals surface area contributed by atoms with Crippen LogP contribution in [0.2, 0.25) is 0 Å². The van der Waals surface area contributed by atoms with Gasteiger partial charge in [0, 0.05) is 12.2 Å². The maximum absolute atomic E-state index is 4.55. The first-order chi connectivity index (χ1) is 6.27. The van der Waals surface area contributed by atoms with Gasteiger partial charge in [0.15, 0.2) is 0 Å². The Hall–Kier alpha value is -0.830. The topological polar surface area (TPSA) is 29.9 Å². The summed E-state index contributed by atoms with van der Waals surface area (Å²) in [7, 11) is 0. The highest BCUT2D eigenvalue weighted by atomic mass is 15.3. The predicted octanol–water partition coefficient (Wildman–Crippen LogP) is 1.89. The first-order valence-electron chi connectivity index (χ1n) is 5.06. The van der Waals surface area contributed by atoms with Crippen LogP contribution in [0.5, 0.6) is 0 Å². The van der Waals surface area contributed by atoms with Gasteiger partial charge in [0.1, 0.15) is 0 Å². The van der Waals surface area contributed by atoms with Gasteiger partial charge >= 0.3 is 0 Å². The third-order valence-corrected chi connectivity index (χ3v) is 2.58. The Balaban J connectivity index is 2.12. The summed E-state index contributed by atoms with van der Waals surface area (Å²) in [4.78, 5) is 0. The van der Waals surface area contributed by atoms with Crippen molar-refractivity contribution in [3.05, 3.63) is 18.0 Å². The van der Waals surface area contributed by atoms with Gasteiger partial charge in [-0.2, -0.15) is 5.10 Å². The van der Waals surface area contributed by atoms with Crippen molar-refractivity contribution in [3.63, 3.8) is 0 Å². The molecule has 3 nitrogen and oxygen atoms in total. The van der Waals surface area contributed by atoms with E-state index in [-0.39, 0.29) is 0 Å². The summed E-state index contributed by atoms with van der Waals surface area (Å²) in [6.07, 6.45) is 4.58. The van der Waals surface area contributed by atoms with Gasteiger partial charge in [0.25, 0.3) is 0 Å². The summed E-state index contributed by atoms with van der Waals surface area (Å²) in [5, 5.41) is 8.00. The van der Waals surface area contributed by atoms with Gasteiger partial charge in [-0.1, -0.05) is 0 Å². The number of hydrogen-bond acceptors (Lipinski definition) is 2. The highest BCUT2D eigenvalue weighted by molar-refractivity contribution is 5.07. The van der Waals surface area contributed by atoms with E-state index in [0.717, 1.165) is 6.54 Å². The smallest absolute Gasteiger partial charge is 0.0794 e. The molecule has 0 radical (unpaired) electrons. The zero-order chi connectivity index (χ0) is 9.26. The average molecular weight is 179 g/mol. The lowest BCUT2D eigenvalue weighted by Gasteiger charge is -2.07. The Morgan fingerprint density at radius 2 is 2.46 bits per heavy atom. The Morgan fingerprint density at radius 1 is 1.62 bits per heavy atom. The third kappa shape index (κ3) is 1.75. The zero-order valence-corrected chi connectivity index (χ0v) is 8.33. The summed E-state index contributed by atoms with van der Waals surface area (Å²) in [5.74, 6) is 0. The molecular formula is C10H17N3. The minimum atomic E-state index is 0.468. The SMILES string of the molecule is CC(C)n1ccc(C2CCCN2)n1. The van der Waals surface area contributed by atoms with Crippen LogP contribution in [0.15, 0.2) is 12.3 Å². The van der Waals surface area contributed by atoms with Crippen molar-refractivity contribution in [2.45, 2.75) is 38.8 Å². The van der Waals surface area contributed by atoms with Crippen LogP contribution in [0.4, 0.5) is 0 Å². The lowest BCUT2D eigenvalue weighted by molar-refractivity contribution is 0.511. The molecule has 13 heavy (non-hydrogen) atoms. The molecule has 1 fully saturated rings. The first-order valence-corrected chi connectivity index (χ1v) is 5.06. The van der Waals surface area contributed by atoms with Crippen LogP contribution in [0.25, 0.3) is 0 Å². The normalized spacial score (nSPS) is 22.8. The van der Waals surface area contributed by atoms with Crippen molar-refractivity contribution < 1.29 is 0 Å². The van der Waals surface area contributed by atoms with Crippen LogP contribution in [-0.2, 0) is 0 Å². The van der Waals surface area contributed by atoms with E-state index in [0.29, 0.717) is 12.1 Å². The van der Waals surface area contributed by atoms with Gasteiger partial charge in [0.05, 0.1) is 11.7 Å². The van der Waals surface area contributed by atoms with Crippen molar-refractivity contribution in [2.24, 2.45) is 0 Å². The van der Waals surface area contributed by atoms with E-state index in [1.165, 1.54) is 18.5 Å². The van der Waals surface area contributed by atoms with E-state index in [4.69, 9.17) is 0 Å². The van der Waals surface area contributed by atoms with Crippen LogP contribution < -0.4 is 5.32 Å². The Labute approximate surface area is 79.1 Å². The van der Waals surface area contributed by atoms with Crippen LogP contribution >= 0.6 is 0 Å². The quantitative estimate of drug-likeness (QED) is 0.751. The Kier molecular flexibility index (Phi) is 2.36. The number of nitrogens with one attached hydrogen (secondary N) is 1. The van der Waals surface area contributed by atoms with Crippen molar-refractivity contribution in [2.75, 3.05) is 6.54 Å². The van der Waals surface area contributed by atoms with Crippen molar-refractivity contribution in [3.8, 4) is 0 Å². The minimum Gasteiger partial charge on any atom is -0.309 e. The monoisotopic (exact) mass is 179 g/mol. The van der Waals surface area contributed by atoms with E-state index in [1.54, 1.807) is 0 Å². The molecule has 1 aliphatic rings.